The number of ether oxygens (including phenoxy) is 7. The average molecular weight is 895 g/mol. The van der Waals surface area contributed by atoms with E-state index in [-0.39, 0.29) is 0 Å². The normalized spacial score (nSPS) is 44.0. The standard InChI is InChI=1S/C26H42N2O28S2/c1-4(30)28-8-11(33)15(6(3-48-57(42,43)44)50-25(8)54-16-12(34)13(35)23(41)51-19(16)21(37)38)52-26-18(56-58(45,46)47)14(36)17(20(55-26)22(39)40)53-24-7(27)10(32)9(31)5(2-29)49-24/h5-20,23-26,29,31-36,41H,2-3,27H2,1H3,(H,28,30)(H,37,38)(H,39,40)(H,42,43,44)(H,45,46,47)/t5-,6-,7-,8-,9-,10-,11-,12-,13-,14+,15-,16+,17+,18-,19+,20+,23?,24-,25-,26-/m1/s1. The summed E-state index contributed by atoms with van der Waals surface area (Å²) < 4.78 is 112. The number of rotatable bonds is 15. The molecule has 15 N–H and O–H groups in total. The molecular formula is C26H42N2O28S2. The molecule has 0 spiro atoms. The summed E-state index contributed by atoms with van der Waals surface area (Å²) in [6.07, 6.45) is -40.7. The minimum Gasteiger partial charge on any atom is -0.479 e. The number of nitrogens with one attached hydrogen (secondary N) is 1. The fraction of sp³-hybridized carbons (Fsp3) is 0.885. The molecule has 58 heavy (non-hydrogen) atoms. The number of nitrogens with two attached hydrogens (primary N) is 1. The van der Waals surface area contributed by atoms with Crippen LogP contribution in [0.5, 0.6) is 0 Å². The molecule has 1 amide bonds. The molecule has 0 aromatic carbocycles. The van der Waals surface area contributed by atoms with Crippen LogP contribution in [0.2, 0.25) is 0 Å². The number of hydrogen-bond acceptors (Lipinski definition) is 25. The molecule has 0 aromatic rings. The van der Waals surface area contributed by atoms with Gasteiger partial charge in [-0.3, -0.25) is 13.9 Å². The molecule has 20 atom stereocenters. The minimum atomic E-state index is -5.71. The van der Waals surface area contributed by atoms with Gasteiger partial charge in [-0.05, 0) is 0 Å². The van der Waals surface area contributed by atoms with E-state index in [1.54, 1.807) is 0 Å². The Labute approximate surface area is 325 Å². The SMILES string of the molecule is CC(=O)N[C@H]1[C@@H](O[C@H]2[C@H](O)[C@@H](O)C(O)O[C@@H]2C(=O)O)O[C@H](COS(=O)(=O)O)[C@@H](O[C@@H]2O[C@H](C(=O)O)[C@@H](O[C@H]3O[C@H](CO)[C@@H](O)[C@H](O)[C@H]3N)[C@H](O)[C@H]2OS(=O)(=O)O)[C@@H]1O. The lowest BCUT2D eigenvalue weighted by Crippen LogP contribution is -2.70. The Morgan fingerprint density at radius 1 is 0.638 bits per heavy atom. The highest BCUT2D eigenvalue weighted by atomic mass is 32.3. The maximum atomic E-state index is 12.5. The number of carboxylic acid groups (broad SMARTS) is 2. The lowest BCUT2D eigenvalue weighted by atomic mass is 9.94. The highest BCUT2D eigenvalue weighted by Gasteiger charge is 2.58. The highest BCUT2D eigenvalue weighted by molar-refractivity contribution is 7.81. The molecule has 4 fully saturated rings. The van der Waals surface area contributed by atoms with Gasteiger partial charge in [0.2, 0.25) is 5.91 Å². The van der Waals surface area contributed by atoms with Gasteiger partial charge in [-0.2, -0.15) is 16.8 Å². The second-order valence-corrected chi connectivity index (χ2v) is 15.2. The van der Waals surface area contributed by atoms with Gasteiger partial charge in [0.1, 0.15) is 73.2 Å². The Morgan fingerprint density at radius 2 is 1.17 bits per heavy atom. The van der Waals surface area contributed by atoms with E-state index in [0.29, 0.717) is 0 Å². The molecule has 4 saturated heterocycles. The van der Waals surface area contributed by atoms with Crippen LogP contribution in [0.1, 0.15) is 6.92 Å². The Bertz CT molecular complexity index is 1670. The molecule has 336 valence electrons. The molecule has 0 radical (unpaired) electrons. The van der Waals surface area contributed by atoms with Crippen LogP contribution >= 0.6 is 0 Å². The van der Waals surface area contributed by atoms with Crippen molar-refractivity contribution in [2.45, 2.75) is 130 Å². The molecule has 4 rings (SSSR count). The van der Waals surface area contributed by atoms with Crippen LogP contribution in [-0.4, -0.2) is 231 Å². The van der Waals surface area contributed by atoms with Crippen molar-refractivity contribution in [2.24, 2.45) is 5.73 Å². The predicted molar refractivity (Wildman–Crippen MR) is 169 cm³/mol. The number of amides is 1. The van der Waals surface area contributed by atoms with Crippen molar-refractivity contribution in [1.29, 1.82) is 0 Å². The monoisotopic (exact) mass is 894 g/mol. The second kappa shape index (κ2) is 19.1. The van der Waals surface area contributed by atoms with E-state index in [9.17, 15) is 91.4 Å². The molecule has 0 aromatic heterocycles. The van der Waals surface area contributed by atoms with Crippen LogP contribution in [0.4, 0.5) is 0 Å². The number of aliphatic hydroxyl groups is 8. The zero-order valence-corrected chi connectivity index (χ0v) is 30.9. The quantitative estimate of drug-likeness (QED) is 0.0679. The van der Waals surface area contributed by atoms with Crippen LogP contribution < -0.4 is 11.1 Å². The third-order valence-electron chi connectivity index (χ3n) is 9.03. The zero-order chi connectivity index (χ0) is 43.8. The molecular weight excluding hydrogens is 852 g/mol. The van der Waals surface area contributed by atoms with Crippen molar-refractivity contribution in [3.05, 3.63) is 0 Å². The Balaban J connectivity index is 1.72. The van der Waals surface area contributed by atoms with E-state index in [1.165, 1.54) is 0 Å². The van der Waals surface area contributed by atoms with Gasteiger partial charge >= 0.3 is 32.7 Å². The van der Waals surface area contributed by atoms with Gasteiger partial charge in [0.05, 0.1) is 19.3 Å². The first-order chi connectivity index (χ1) is 26.8. The lowest BCUT2D eigenvalue weighted by molar-refractivity contribution is -0.367. The number of carboxylic acids is 2. The Hall–Kier alpha value is -2.49. The van der Waals surface area contributed by atoms with E-state index in [4.69, 9.17) is 38.9 Å². The lowest BCUT2D eigenvalue weighted by Gasteiger charge is -2.49. The summed E-state index contributed by atoms with van der Waals surface area (Å²) in [7, 11) is -11.1. The molecule has 0 saturated carbocycles. The topological polar surface area (TPSA) is 483 Å². The van der Waals surface area contributed by atoms with Crippen molar-refractivity contribution in [2.75, 3.05) is 13.2 Å². The molecule has 4 aliphatic heterocycles. The number of carbonyl (C=O) groups excluding carboxylic acids is 1. The number of hydrogen-bond donors (Lipinski definition) is 14. The maximum absolute atomic E-state index is 12.5. The second-order valence-electron chi connectivity index (χ2n) is 13.1. The van der Waals surface area contributed by atoms with E-state index < -0.39 is 175 Å². The van der Waals surface area contributed by atoms with Crippen LogP contribution in [-0.2, 0) is 76.7 Å². The first kappa shape index (κ1) is 48.2. The van der Waals surface area contributed by atoms with E-state index >= 15 is 0 Å². The third-order valence-corrected chi connectivity index (χ3v) is 9.93. The van der Waals surface area contributed by atoms with Crippen molar-refractivity contribution in [1.82, 2.24) is 5.32 Å². The van der Waals surface area contributed by atoms with Crippen LogP contribution in [0.25, 0.3) is 0 Å². The summed E-state index contributed by atoms with van der Waals surface area (Å²) in [6.45, 7) is -1.55. The van der Waals surface area contributed by atoms with Gasteiger partial charge in [-0.1, -0.05) is 0 Å². The van der Waals surface area contributed by atoms with Crippen LogP contribution in [0.15, 0.2) is 0 Å². The Morgan fingerprint density at radius 3 is 1.71 bits per heavy atom. The third kappa shape index (κ3) is 11.3. The largest absolute Gasteiger partial charge is 0.479 e. The van der Waals surface area contributed by atoms with Gasteiger partial charge < -0.3 is 95.3 Å². The van der Waals surface area contributed by atoms with Gasteiger partial charge in [0.15, 0.2) is 43.5 Å². The van der Waals surface area contributed by atoms with E-state index in [2.05, 4.69) is 13.7 Å². The first-order valence-electron chi connectivity index (χ1n) is 16.5. The molecule has 1 unspecified atom stereocenters. The molecule has 4 heterocycles. The van der Waals surface area contributed by atoms with Crippen molar-refractivity contribution >= 4 is 38.6 Å². The van der Waals surface area contributed by atoms with Crippen LogP contribution in [0.3, 0.4) is 0 Å². The van der Waals surface area contributed by atoms with Gasteiger partial charge in [-0.15, -0.1) is 0 Å². The minimum absolute atomic E-state index is 0.852. The highest BCUT2D eigenvalue weighted by Crippen LogP contribution is 2.35. The molecule has 30 nitrogen and oxygen atoms in total. The maximum Gasteiger partial charge on any atom is 0.397 e. The Kier molecular flexibility index (Phi) is 15.8. The van der Waals surface area contributed by atoms with Crippen molar-refractivity contribution in [3.63, 3.8) is 0 Å². The molecule has 4 aliphatic rings. The van der Waals surface area contributed by atoms with Crippen LogP contribution in [0, 0.1) is 0 Å². The fourth-order valence-electron chi connectivity index (χ4n) is 6.30. The number of aliphatic hydroxyl groups excluding tert-OH is 8. The van der Waals surface area contributed by atoms with E-state index in [1.807, 2.05) is 0 Å². The van der Waals surface area contributed by atoms with Gasteiger partial charge in [0.25, 0.3) is 0 Å². The summed E-state index contributed by atoms with van der Waals surface area (Å²) in [4.78, 5) is 36.6. The summed E-state index contributed by atoms with van der Waals surface area (Å²) in [5, 5.41) is 105. The predicted octanol–water partition coefficient (Wildman–Crippen LogP) is -9.80. The fourth-order valence-corrected chi connectivity index (χ4v) is 7.09. The summed E-state index contributed by atoms with van der Waals surface area (Å²) in [6, 6.07) is -3.80. The van der Waals surface area contributed by atoms with E-state index in [0.717, 1.165) is 6.92 Å². The van der Waals surface area contributed by atoms with Gasteiger partial charge in [-0.25, -0.2) is 18.0 Å². The first-order valence-corrected chi connectivity index (χ1v) is 19.2. The van der Waals surface area contributed by atoms with Crippen molar-refractivity contribution < 1.29 is 133 Å². The number of carbonyl (C=O) groups is 3. The number of aliphatic carboxylic acids is 2. The summed E-state index contributed by atoms with van der Waals surface area (Å²) in [5.41, 5.74) is 5.82. The smallest absolute Gasteiger partial charge is 0.397 e. The molecule has 32 heteroatoms. The summed E-state index contributed by atoms with van der Waals surface area (Å²) >= 11 is 0. The average Bonchev–Trinajstić information content (AvgIpc) is 3.11. The molecule has 0 aliphatic carbocycles. The van der Waals surface area contributed by atoms with Gasteiger partial charge in [0, 0.05) is 6.92 Å². The zero-order valence-electron chi connectivity index (χ0n) is 29.3. The summed E-state index contributed by atoms with van der Waals surface area (Å²) in [5.74, 6) is -4.95. The van der Waals surface area contributed by atoms with Crippen molar-refractivity contribution in [3.8, 4) is 0 Å². The molecule has 0 bridgehead atoms.